The molecule has 0 unspecified atom stereocenters. The van der Waals surface area contributed by atoms with E-state index in [0.717, 1.165) is 53.5 Å². The molecule has 0 spiro atoms. The van der Waals surface area contributed by atoms with Gasteiger partial charge in [0.05, 0.1) is 10.6 Å². The molecule has 4 bridgehead atoms. The predicted octanol–water partition coefficient (Wildman–Crippen LogP) is 4.11. The predicted molar refractivity (Wildman–Crippen MR) is 123 cm³/mol. The zero-order chi connectivity index (χ0) is 23.2. The summed E-state index contributed by atoms with van der Waals surface area (Å²) in [5, 5.41) is 3.29. The van der Waals surface area contributed by atoms with E-state index >= 15 is 0 Å². The van der Waals surface area contributed by atoms with Gasteiger partial charge in [-0.05, 0) is 105 Å². The first-order valence-electron chi connectivity index (χ1n) is 11.5. The van der Waals surface area contributed by atoms with Crippen LogP contribution in [-0.4, -0.2) is 33.5 Å². The van der Waals surface area contributed by atoms with E-state index in [1.807, 2.05) is 0 Å². The van der Waals surface area contributed by atoms with Crippen LogP contribution in [0.1, 0.15) is 38.5 Å². The highest BCUT2D eigenvalue weighted by molar-refractivity contribution is 7.92. The van der Waals surface area contributed by atoms with Crippen molar-refractivity contribution in [1.29, 1.82) is 0 Å². The second-order valence-corrected chi connectivity index (χ2v) is 11.9. The Bertz CT molecular complexity index is 1100. The standard InChI is InChI=1S/C25H29FN2O4S/c1-28(33(30,31)23-8-2-20(26)3-9-23)21-4-6-22(7-5-21)32-16-24(29)27-25-13-17-10-18(14-25)12-19(11-17)15-25/h2-9,17-19H,10-16H2,1H3,(H,27,29). The van der Waals surface area contributed by atoms with Gasteiger partial charge in [0.15, 0.2) is 6.61 Å². The molecule has 2 aromatic carbocycles. The number of benzene rings is 2. The molecule has 6 nitrogen and oxygen atoms in total. The van der Waals surface area contributed by atoms with Gasteiger partial charge in [0.1, 0.15) is 11.6 Å². The SMILES string of the molecule is CN(c1ccc(OCC(=O)NC23CC4CC(CC(C4)C2)C3)cc1)S(=O)(=O)c1ccc(F)cc1. The van der Waals surface area contributed by atoms with Gasteiger partial charge in [-0.2, -0.15) is 0 Å². The van der Waals surface area contributed by atoms with Crippen molar-refractivity contribution in [2.24, 2.45) is 17.8 Å². The van der Waals surface area contributed by atoms with E-state index in [9.17, 15) is 17.6 Å². The number of amides is 1. The van der Waals surface area contributed by atoms with Gasteiger partial charge < -0.3 is 10.1 Å². The minimum absolute atomic E-state index is 0.00748. The van der Waals surface area contributed by atoms with Crippen molar-refractivity contribution in [3.63, 3.8) is 0 Å². The van der Waals surface area contributed by atoms with Crippen molar-refractivity contribution in [1.82, 2.24) is 5.32 Å². The third-order valence-electron chi connectivity index (χ3n) is 7.49. The summed E-state index contributed by atoms with van der Waals surface area (Å²) in [6.45, 7) is -0.0647. The van der Waals surface area contributed by atoms with E-state index in [0.29, 0.717) is 11.4 Å². The summed E-state index contributed by atoms with van der Waals surface area (Å²) < 4.78 is 45.5. The maximum atomic E-state index is 13.1. The van der Waals surface area contributed by atoms with Crippen LogP contribution in [0.5, 0.6) is 5.75 Å². The van der Waals surface area contributed by atoms with Crippen molar-refractivity contribution in [2.45, 2.75) is 49.0 Å². The lowest BCUT2D eigenvalue weighted by atomic mass is 9.53. The number of nitrogens with zero attached hydrogens (tertiary/aromatic N) is 1. The number of sulfonamides is 1. The first-order valence-corrected chi connectivity index (χ1v) is 12.9. The smallest absolute Gasteiger partial charge is 0.264 e. The molecule has 6 rings (SSSR count). The van der Waals surface area contributed by atoms with Gasteiger partial charge in [0.2, 0.25) is 0 Å². The Morgan fingerprint density at radius 1 is 1.00 bits per heavy atom. The highest BCUT2D eigenvalue weighted by Crippen LogP contribution is 2.55. The Kier molecular flexibility index (Phi) is 5.59. The maximum Gasteiger partial charge on any atom is 0.264 e. The van der Waals surface area contributed by atoms with Crippen LogP contribution in [0.25, 0.3) is 0 Å². The molecule has 4 aliphatic carbocycles. The zero-order valence-corrected chi connectivity index (χ0v) is 19.5. The van der Waals surface area contributed by atoms with E-state index < -0.39 is 15.8 Å². The van der Waals surface area contributed by atoms with E-state index in [4.69, 9.17) is 4.74 Å². The molecule has 33 heavy (non-hydrogen) atoms. The third-order valence-corrected chi connectivity index (χ3v) is 9.28. The lowest BCUT2D eigenvalue weighted by Gasteiger charge is -2.56. The Balaban J connectivity index is 1.18. The molecule has 0 radical (unpaired) electrons. The number of hydrogen-bond donors (Lipinski definition) is 1. The minimum atomic E-state index is -3.81. The van der Waals surface area contributed by atoms with Crippen molar-refractivity contribution in [2.75, 3.05) is 18.0 Å². The molecule has 4 aliphatic rings. The highest BCUT2D eigenvalue weighted by atomic mass is 32.2. The van der Waals surface area contributed by atoms with Crippen molar-refractivity contribution < 1.29 is 22.3 Å². The molecule has 8 heteroatoms. The molecule has 0 heterocycles. The van der Waals surface area contributed by atoms with Gasteiger partial charge in [-0.1, -0.05) is 0 Å². The van der Waals surface area contributed by atoms with Gasteiger partial charge >= 0.3 is 0 Å². The number of anilines is 1. The number of carbonyl (C=O) groups excluding carboxylic acids is 1. The summed E-state index contributed by atoms with van der Waals surface area (Å²) in [4.78, 5) is 12.6. The lowest BCUT2D eigenvalue weighted by molar-refractivity contribution is -0.128. The molecule has 0 aliphatic heterocycles. The number of rotatable bonds is 7. The maximum absolute atomic E-state index is 13.1. The van der Waals surface area contributed by atoms with Gasteiger partial charge in [0.25, 0.3) is 15.9 Å². The lowest BCUT2D eigenvalue weighted by Crippen LogP contribution is -2.60. The first-order chi connectivity index (χ1) is 15.7. The average molecular weight is 473 g/mol. The monoisotopic (exact) mass is 472 g/mol. The third kappa shape index (κ3) is 4.45. The summed E-state index contributed by atoms with van der Waals surface area (Å²) in [6.07, 6.45) is 7.24. The highest BCUT2D eigenvalue weighted by Gasteiger charge is 2.51. The fourth-order valence-corrected chi connectivity index (χ4v) is 7.60. The number of halogens is 1. The molecule has 0 atom stereocenters. The molecule has 2 aromatic rings. The molecule has 0 saturated heterocycles. The number of carbonyl (C=O) groups is 1. The number of hydrogen-bond acceptors (Lipinski definition) is 4. The summed E-state index contributed by atoms with van der Waals surface area (Å²) in [7, 11) is -2.37. The Morgan fingerprint density at radius 3 is 2.09 bits per heavy atom. The quantitative estimate of drug-likeness (QED) is 0.658. The van der Waals surface area contributed by atoms with E-state index in [2.05, 4.69) is 5.32 Å². The molecule has 1 N–H and O–H groups in total. The fraction of sp³-hybridized carbons (Fsp3) is 0.480. The van der Waals surface area contributed by atoms with Gasteiger partial charge in [-0.15, -0.1) is 0 Å². The number of nitrogens with one attached hydrogen (secondary N) is 1. The molecular weight excluding hydrogens is 443 g/mol. The summed E-state index contributed by atoms with van der Waals surface area (Å²) in [6, 6.07) is 11.2. The van der Waals surface area contributed by atoms with Crippen LogP contribution in [0.2, 0.25) is 0 Å². The van der Waals surface area contributed by atoms with E-state index in [1.54, 1.807) is 24.3 Å². The van der Waals surface area contributed by atoms with Crippen LogP contribution in [0, 0.1) is 23.6 Å². The Labute approximate surface area is 194 Å². The molecule has 4 fully saturated rings. The average Bonchev–Trinajstić information content (AvgIpc) is 2.76. The van der Waals surface area contributed by atoms with E-state index in [1.165, 1.54) is 38.4 Å². The minimum Gasteiger partial charge on any atom is -0.484 e. The Hall–Kier alpha value is -2.61. The molecular formula is C25H29FN2O4S. The van der Waals surface area contributed by atoms with Crippen molar-refractivity contribution >= 4 is 21.6 Å². The fourth-order valence-electron chi connectivity index (χ4n) is 6.40. The molecule has 0 aromatic heterocycles. The normalized spacial score (nSPS) is 27.9. The van der Waals surface area contributed by atoms with Crippen molar-refractivity contribution in [3.8, 4) is 5.75 Å². The van der Waals surface area contributed by atoms with Crippen LogP contribution >= 0.6 is 0 Å². The molecule has 176 valence electrons. The van der Waals surface area contributed by atoms with Crippen LogP contribution in [-0.2, 0) is 14.8 Å². The number of ether oxygens (including phenoxy) is 1. The summed E-state index contributed by atoms with van der Waals surface area (Å²) in [5.74, 6) is 2.17. The van der Waals surface area contributed by atoms with Crippen LogP contribution in [0.15, 0.2) is 53.4 Å². The van der Waals surface area contributed by atoms with Crippen LogP contribution in [0.3, 0.4) is 0 Å². The first kappa shape index (κ1) is 22.2. The van der Waals surface area contributed by atoms with Gasteiger partial charge in [-0.3, -0.25) is 9.10 Å². The van der Waals surface area contributed by atoms with Crippen molar-refractivity contribution in [3.05, 3.63) is 54.3 Å². The second kappa shape index (κ2) is 8.31. The van der Waals surface area contributed by atoms with Crippen LogP contribution < -0.4 is 14.4 Å². The Morgan fingerprint density at radius 2 is 1.55 bits per heavy atom. The van der Waals surface area contributed by atoms with Gasteiger partial charge in [0, 0.05) is 12.6 Å². The summed E-state index contributed by atoms with van der Waals surface area (Å²) in [5.41, 5.74) is 0.390. The van der Waals surface area contributed by atoms with Crippen LogP contribution in [0.4, 0.5) is 10.1 Å². The summed E-state index contributed by atoms with van der Waals surface area (Å²) >= 11 is 0. The molecule has 4 saturated carbocycles. The van der Waals surface area contributed by atoms with Gasteiger partial charge in [-0.25, -0.2) is 12.8 Å². The second-order valence-electron chi connectivity index (χ2n) is 9.96. The largest absolute Gasteiger partial charge is 0.484 e. The topological polar surface area (TPSA) is 75.7 Å². The zero-order valence-electron chi connectivity index (χ0n) is 18.7. The van der Waals surface area contributed by atoms with E-state index in [-0.39, 0.29) is 22.9 Å². The molecule has 1 amide bonds.